The van der Waals surface area contributed by atoms with E-state index in [1.165, 1.54) is 6.33 Å². The molecule has 0 aliphatic heterocycles. The number of rotatable bonds is 8. The van der Waals surface area contributed by atoms with Crippen LogP contribution < -0.4 is 14.8 Å². The predicted molar refractivity (Wildman–Crippen MR) is 114 cm³/mol. The van der Waals surface area contributed by atoms with Crippen LogP contribution in [0.5, 0.6) is 17.4 Å². The van der Waals surface area contributed by atoms with E-state index in [2.05, 4.69) is 30.2 Å². The van der Waals surface area contributed by atoms with E-state index in [9.17, 15) is 13.2 Å². The van der Waals surface area contributed by atoms with Gasteiger partial charge in [-0.25, -0.2) is 24.9 Å². The van der Waals surface area contributed by atoms with E-state index in [4.69, 9.17) is 9.47 Å². The zero-order valence-electron chi connectivity index (χ0n) is 17.5. The van der Waals surface area contributed by atoms with Gasteiger partial charge in [0.2, 0.25) is 5.88 Å². The molecule has 0 bridgehead atoms. The second kappa shape index (κ2) is 9.63. The molecule has 8 nitrogen and oxygen atoms in total. The zero-order valence-corrected chi connectivity index (χ0v) is 17.5. The highest BCUT2D eigenvalue weighted by Crippen LogP contribution is 2.35. The van der Waals surface area contributed by atoms with E-state index in [0.29, 0.717) is 42.3 Å². The number of fused-ring (bicyclic) bond motifs is 1. The number of hydrogen-bond acceptors (Lipinski definition) is 8. The molecule has 170 valence electrons. The summed E-state index contributed by atoms with van der Waals surface area (Å²) in [5.41, 5.74) is 1.17. The first kappa shape index (κ1) is 22.2. The second-order valence-electron chi connectivity index (χ2n) is 6.82. The molecule has 0 saturated carbocycles. The molecule has 0 amide bonds. The maximum Gasteiger partial charge on any atom is 0.416 e. The fourth-order valence-corrected chi connectivity index (χ4v) is 3.06. The van der Waals surface area contributed by atoms with Gasteiger partial charge in [0.15, 0.2) is 23.0 Å². The largest absolute Gasteiger partial charge is 0.490 e. The maximum atomic E-state index is 13.0. The summed E-state index contributed by atoms with van der Waals surface area (Å²) in [5.74, 6) is 1.09. The molecule has 11 heteroatoms. The number of benzene rings is 1. The summed E-state index contributed by atoms with van der Waals surface area (Å²) in [6.07, 6.45) is 1.74. The van der Waals surface area contributed by atoms with E-state index in [0.717, 1.165) is 23.9 Å². The average molecular weight is 456 g/mol. The summed E-state index contributed by atoms with van der Waals surface area (Å²) in [6.45, 7) is 2.71. The van der Waals surface area contributed by atoms with Gasteiger partial charge in [-0.05, 0) is 37.1 Å². The fraction of sp³-hybridized carbons (Fsp3) is 0.227. The minimum atomic E-state index is -4.48. The lowest BCUT2D eigenvalue weighted by atomic mass is 10.1. The number of nitrogens with one attached hydrogen (secondary N) is 1. The van der Waals surface area contributed by atoms with Gasteiger partial charge in [0, 0.05) is 31.2 Å². The Bertz CT molecular complexity index is 1250. The third-order valence-electron chi connectivity index (χ3n) is 4.56. The Hall–Kier alpha value is -4.02. The number of alkyl halides is 3. The minimum Gasteiger partial charge on any atom is -0.490 e. The van der Waals surface area contributed by atoms with E-state index in [-0.39, 0.29) is 11.6 Å². The molecule has 0 radical (unpaired) electrons. The number of nitrogens with zero attached hydrogens (tertiary/aromatic N) is 5. The quantitative estimate of drug-likeness (QED) is 0.408. The molecule has 3 aromatic heterocycles. The standard InChI is InChI=1S/C22H19F3N6O2/c1-2-32-17-11-14(5-7-28-20-19-21(31-13-30-20)29-10-9-27-19)3-4-16(17)33-18-12-15(6-8-26-18)22(23,24)25/h3-4,6,8-13H,2,5,7H2,1H3,(H,28,29,30,31). The van der Waals surface area contributed by atoms with Crippen molar-refractivity contribution >= 4 is 17.0 Å². The topological polar surface area (TPSA) is 94.9 Å². The summed E-state index contributed by atoms with van der Waals surface area (Å²) in [4.78, 5) is 20.6. The Morgan fingerprint density at radius 2 is 1.76 bits per heavy atom. The Balaban J connectivity index is 1.47. The molecule has 3 heterocycles. The molecule has 0 aliphatic rings. The molecule has 4 aromatic rings. The summed E-state index contributed by atoms with van der Waals surface area (Å²) < 4.78 is 50.1. The first-order valence-corrected chi connectivity index (χ1v) is 10.1. The summed E-state index contributed by atoms with van der Waals surface area (Å²) in [6, 6.07) is 6.98. The molecule has 0 spiro atoms. The molecule has 4 rings (SSSR count). The second-order valence-corrected chi connectivity index (χ2v) is 6.82. The first-order valence-electron chi connectivity index (χ1n) is 10.1. The SMILES string of the molecule is CCOc1cc(CCNc2ncnc3nccnc23)ccc1Oc1cc(C(F)(F)F)ccn1. The van der Waals surface area contributed by atoms with Crippen molar-refractivity contribution in [2.75, 3.05) is 18.5 Å². The summed E-state index contributed by atoms with van der Waals surface area (Å²) in [5, 5.41) is 3.22. The average Bonchev–Trinajstić information content (AvgIpc) is 2.81. The Morgan fingerprint density at radius 3 is 2.58 bits per heavy atom. The minimum absolute atomic E-state index is 0.169. The van der Waals surface area contributed by atoms with Gasteiger partial charge in [-0.3, -0.25) is 0 Å². The van der Waals surface area contributed by atoms with Crippen molar-refractivity contribution in [1.82, 2.24) is 24.9 Å². The van der Waals surface area contributed by atoms with Gasteiger partial charge in [-0.2, -0.15) is 13.2 Å². The fourth-order valence-electron chi connectivity index (χ4n) is 3.06. The van der Waals surface area contributed by atoms with Crippen molar-refractivity contribution in [3.05, 3.63) is 66.4 Å². The first-order chi connectivity index (χ1) is 15.9. The normalized spacial score (nSPS) is 11.4. The molecule has 0 saturated heterocycles. The zero-order chi connectivity index (χ0) is 23.3. The van der Waals surface area contributed by atoms with E-state index in [1.54, 1.807) is 24.5 Å². The molecule has 1 N–H and O–H groups in total. The van der Waals surface area contributed by atoms with Crippen molar-refractivity contribution < 1.29 is 22.6 Å². The third kappa shape index (κ3) is 5.43. The lowest BCUT2D eigenvalue weighted by molar-refractivity contribution is -0.137. The van der Waals surface area contributed by atoms with Crippen molar-refractivity contribution in [3.8, 4) is 17.4 Å². The monoisotopic (exact) mass is 456 g/mol. The van der Waals surface area contributed by atoms with Crippen LogP contribution in [0.2, 0.25) is 0 Å². The van der Waals surface area contributed by atoms with Gasteiger partial charge in [0.25, 0.3) is 0 Å². The lowest BCUT2D eigenvalue weighted by Gasteiger charge is -2.14. The van der Waals surface area contributed by atoms with E-state index >= 15 is 0 Å². The number of ether oxygens (including phenoxy) is 2. The van der Waals surface area contributed by atoms with Crippen LogP contribution in [-0.4, -0.2) is 38.1 Å². The van der Waals surface area contributed by atoms with E-state index in [1.807, 2.05) is 13.0 Å². The number of aromatic nitrogens is 5. The van der Waals surface area contributed by atoms with Crippen LogP contribution in [0.15, 0.2) is 55.2 Å². The summed E-state index contributed by atoms with van der Waals surface area (Å²) in [7, 11) is 0. The predicted octanol–water partition coefficient (Wildman–Crippen LogP) is 4.68. The Morgan fingerprint density at radius 1 is 0.909 bits per heavy atom. The van der Waals surface area contributed by atoms with Gasteiger partial charge >= 0.3 is 6.18 Å². The number of pyridine rings is 1. The smallest absolute Gasteiger partial charge is 0.416 e. The number of anilines is 1. The van der Waals surface area contributed by atoms with Crippen molar-refractivity contribution in [1.29, 1.82) is 0 Å². The molecular formula is C22H19F3N6O2. The van der Waals surface area contributed by atoms with Crippen LogP contribution in [0.3, 0.4) is 0 Å². The van der Waals surface area contributed by atoms with E-state index < -0.39 is 11.7 Å². The number of halogens is 3. The van der Waals surface area contributed by atoms with Crippen molar-refractivity contribution in [3.63, 3.8) is 0 Å². The van der Waals surface area contributed by atoms with Gasteiger partial charge in [-0.1, -0.05) is 6.07 Å². The van der Waals surface area contributed by atoms with Gasteiger partial charge in [-0.15, -0.1) is 0 Å². The van der Waals surface area contributed by atoms with Crippen LogP contribution >= 0.6 is 0 Å². The van der Waals surface area contributed by atoms with Crippen LogP contribution in [0.25, 0.3) is 11.2 Å². The molecular weight excluding hydrogens is 437 g/mol. The highest BCUT2D eigenvalue weighted by molar-refractivity contribution is 5.81. The van der Waals surface area contributed by atoms with Crippen LogP contribution in [0.1, 0.15) is 18.1 Å². The highest BCUT2D eigenvalue weighted by Gasteiger charge is 2.31. The lowest BCUT2D eigenvalue weighted by Crippen LogP contribution is -2.08. The van der Waals surface area contributed by atoms with Gasteiger partial charge in [0.1, 0.15) is 11.8 Å². The molecule has 0 aliphatic carbocycles. The van der Waals surface area contributed by atoms with Crippen LogP contribution in [-0.2, 0) is 12.6 Å². The Labute approximate surface area is 186 Å². The molecule has 1 aromatic carbocycles. The Kier molecular flexibility index (Phi) is 6.48. The molecule has 0 unspecified atom stereocenters. The molecule has 0 atom stereocenters. The highest BCUT2D eigenvalue weighted by atomic mass is 19.4. The van der Waals surface area contributed by atoms with Crippen molar-refractivity contribution in [2.24, 2.45) is 0 Å². The summed E-state index contributed by atoms with van der Waals surface area (Å²) >= 11 is 0. The van der Waals surface area contributed by atoms with Gasteiger partial charge in [0.05, 0.1) is 12.2 Å². The third-order valence-corrected chi connectivity index (χ3v) is 4.56. The molecule has 33 heavy (non-hydrogen) atoms. The van der Waals surface area contributed by atoms with Crippen LogP contribution in [0.4, 0.5) is 19.0 Å². The number of hydrogen-bond donors (Lipinski definition) is 1. The maximum absolute atomic E-state index is 13.0. The van der Waals surface area contributed by atoms with Crippen molar-refractivity contribution in [2.45, 2.75) is 19.5 Å². The van der Waals surface area contributed by atoms with Crippen LogP contribution in [0, 0.1) is 0 Å². The molecule has 0 fully saturated rings. The van der Waals surface area contributed by atoms with Gasteiger partial charge < -0.3 is 14.8 Å².